The third-order valence-electron chi connectivity index (χ3n) is 2.47. The van der Waals surface area contributed by atoms with Gasteiger partial charge in [-0.2, -0.15) is 0 Å². The smallest absolute Gasteiger partial charge is 0.264 e. The molecule has 0 atom stereocenters. The highest BCUT2D eigenvalue weighted by molar-refractivity contribution is 7.92. The zero-order chi connectivity index (χ0) is 14.8. The lowest BCUT2D eigenvalue weighted by Crippen LogP contribution is -2.16. The number of anilines is 1. The van der Waals surface area contributed by atoms with E-state index in [2.05, 4.69) is 14.7 Å². The van der Waals surface area contributed by atoms with Crippen LogP contribution in [-0.4, -0.2) is 24.3 Å². The summed E-state index contributed by atoms with van der Waals surface area (Å²) in [5.74, 6) is -0.632. The molecule has 0 radical (unpaired) electrons. The second kappa shape index (κ2) is 5.25. The number of aromatic nitrogens is 2. The molecule has 0 aliphatic rings. The van der Waals surface area contributed by atoms with Crippen LogP contribution < -0.4 is 10.5 Å². The van der Waals surface area contributed by atoms with Crippen molar-refractivity contribution in [1.29, 1.82) is 0 Å². The van der Waals surface area contributed by atoms with Gasteiger partial charge in [-0.25, -0.2) is 23.1 Å². The van der Waals surface area contributed by atoms with Gasteiger partial charge in [0.2, 0.25) is 11.9 Å². The molecular weight excluding hydrogens is 280 g/mol. The largest absolute Gasteiger partial charge is 0.366 e. The van der Waals surface area contributed by atoms with Gasteiger partial charge in [0.25, 0.3) is 10.0 Å². The fourth-order valence-corrected chi connectivity index (χ4v) is 2.43. The van der Waals surface area contributed by atoms with Gasteiger partial charge < -0.3 is 5.73 Å². The third-order valence-corrected chi connectivity index (χ3v) is 3.81. The van der Waals surface area contributed by atoms with Crippen LogP contribution in [0.3, 0.4) is 0 Å². The van der Waals surface area contributed by atoms with Crippen LogP contribution in [-0.2, 0) is 10.0 Å². The summed E-state index contributed by atoms with van der Waals surface area (Å²) in [5, 5.41) is 0. The molecule has 20 heavy (non-hydrogen) atoms. The maximum Gasteiger partial charge on any atom is 0.264 e. The molecule has 0 saturated carbocycles. The Morgan fingerprint density at radius 1 is 1.20 bits per heavy atom. The minimum absolute atomic E-state index is 0.00685. The van der Waals surface area contributed by atoms with E-state index < -0.39 is 15.9 Å². The molecule has 0 unspecified atom stereocenters. The second-order valence-corrected chi connectivity index (χ2v) is 5.70. The van der Waals surface area contributed by atoms with Gasteiger partial charge in [-0.15, -0.1) is 0 Å². The molecule has 3 N–H and O–H groups in total. The Morgan fingerprint density at radius 3 is 2.40 bits per heavy atom. The van der Waals surface area contributed by atoms with Crippen LogP contribution in [0.15, 0.2) is 41.4 Å². The summed E-state index contributed by atoms with van der Waals surface area (Å²) in [7, 11) is -3.80. The number of primary amides is 1. The molecule has 2 rings (SSSR count). The highest BCUT2D eigenvalue weighted by Gasteiger charge is 2.16. The van der Waals surface area contributed by atoms with E-state index in [1.54, 1.807) is 13.0 Å². The fraction of sp³-hybridized carbons (Fsp3) is 0.0833. The predicted molar refractivity (Wildman–Crippen MR) is 72.5 cm³/mol. The number of hydrogen-bond donors (Lipinski definition) is 2. The summed E-state index contributed by atoms with van der Waals surface area (Å²) in [6.07, 6.45) is 1.45. The first-order valence-electron chi connectivity index (χ1n) is 5.61. The molecule has 0 spiro atoms. The molecule has 0 bridgehead atoms. The van der Waals surface area contributed by atoms with Gasteiger partial charge in [-0.1, -0.05) is 0 Å². The van der Waals surface area contributed by atoms with E-state index in [9.17, 15) is 13.2 Å². The minimum Gasteiger partial charge on any atom is -0.366 e. The second-order valence-electron chi connectivity index (χ2n) is 4.02. The first-order chi connectivity index (χ1) is 9.38. The van der Waals surface area contributed by atoms with Gasteiger partial charge >= 0.3 is 0 Å². The van der Waals surface area contributed by atoms with Gasteiger partial charge in [0.15, 0.2) is 0 Å². The first kappa shape index (κ1) is 13.9. The monoisotopic (exact) mass is 292 g/mol. The maximum absolute atomic E-state index is 12.1. The van der Waals surface area contributed by atoms with Crippen molar-refractivity contribution < 1.29 is 13.2 Å². The zero-order valence-electron chi connectivity index (χ0n) is 10.6. The number of carbonyl (C=O) groups is 1. The number of nitrogens with zero attached hydrogens (tertiary/aromatic N) is 2. The SMILES string of the molecule is Cc1ccnc(NS(=O)(=O)c2ccc(C(N)=O)cc2)n1. The normalized spacial score (nSPS) is 11.1. The number of nitrogens with one attached hydrogen (secondary N) is 1. The Bertz CT molecular complexity index is 742. The summed E-state index contributed by atoms with van der Waals surface area (Å²) in [6, 6.07) is 6.91. The van der Waals surface area contributed by atoms with E-state index in [1.165, 1.54) is 30.5 Å². The number of nitrogens with two attached hydrogens (primary N) is 1. The van der Waals surface area contributed by atoms with Gasteiger partial charge in [-0.05, 0) is 37.3 Å². The summed E-state index contributed by atoms with van der Waals surface area (Å²) in [4.78, 5) is 18.7. The first-order valence-corrected chi connectivity index (χ1v) is 7.09. The van der Waals surface area contributed by atoms with Crippen molar-refractivity contribution in [2.45, 2.75) is 11.8 Å². The van der Waals surface area contributed by atoms with Gasteiger partial charge in [0, 0.05) is 17.5 Å². The Labute approximate surface area is 115 Å². The van der Waals surface area contributed by atoms with Crippen LogP contribution in [0.4, 0.5) is 5.95 Å². The quantitative estimate of drug-likeness (QED) is 0.860. The van der Waals surface area contributed by atoms with Crippen molar-refractivity contribution >= 4 is 21.9 Å². The Balaban J connectivity index is 2.28. The molecule has 0 fully saturated rings. The molecule has 104 valence electrons. The number of aryl methyl sites for hydroxylation is 1. The van der Waals surface area contributed by atoms with Crippen LogP contribution >= 0.6 is 0 Å². The molecule has 2 aromatic rings. The molecule has 1 amide bonds. The molecule has 1 aromatic carbocycles. The number of carbonyl (C=O) groups excluding carboxylic acids is 1. The van der Waals surface area contributed by atoms with E-state index in [0.717, 1.165) is 0 Å². The molecule has 1 heterocycles. The van der Waals surface area contributed by atoms with Crippen LogP contribution in [0.1, 0.15) is 16.1 Å². The predicted octanol–water partition coefficient (Wildman–Crippen LogP) is 0.685. The molecule has 0 aliphatic heterocycles. The highest BCUT2D eigenvalue weighted by Crippen LogP contribution is 2.14. The van der Waals surface area contributed by atoms with E-state index in [1.807, 2.05) is 0 Å². The lowest BCUT2D eigenvalue weighted by atomic mass is 10.2. The van der Waals surface area contributed by atoms with Gasteiger partial charge in [0.1, 0.15) is 0 Å². The molecule has 8 heteroatoms. The summed E-state index contributed by atoms with van der Waals surface area (Å²) < 4.78 is 26.4. The fourth-order valence-electron chi connectivity index (χ4n) is 1.48. The summed E-state index contributed by atoms with van der Waals surface area (Å²) >= 11 is 0. The highest BCUT2D eigenvalue weighted by atomic mass is 32.2. The Hall–Kier alpha value is -2.48. The number of amides is 1. The average Bonchev–Trinajstić information content (AvgIpc) is 2.38. The van der Waals surface area contributed by atoms with Crippen molar-refractivity contribution in [3.63, 3.8) is 0 Å². The van der Waals surface area contributed by atoms with E-state index in [0.29, 0.717) is 5.69 Å². The van der Waals surface area contributed by atoms with Crippen LogP contribution in [0.25, 0.3) is 0 Å². The topological polar surface area (TPSA) is 115 Å². The molecular formula is C12H12N4O3S. The Morgan fingerprint density at radius 2 is 1.85 bits per heavy atom. The van der Waals surface area contributed by atoms with Gasteiger partial charge in [0.05, 0.1) is 4.90 Å². The summed E-state index contributed by atoms with van der Waals surface area (Å²) in [5.41, 5.74) is 5.96. The van der Waals surface area contributed by atoms with Crippen molar-refractivity contribution in [2.24, 2.45) is 5.73 Å². The number of sulfonamides is 1. The maximum atomic E-state index is 12.1. The third kappa shape index (κ3) is 3.09. The van der Waals surface area contributed by atoms with E-state index in [4.69, 9.17) is 5.73 Å². The lowest BCUT2D eigenvalue weighted by molar-refractivity contribution is 0.1000. The number of rotatable bonds is 4. The Kier molecular flexibility index (Phi) is 3.66. The van der Waals surface area contributed by atoms with Crippen LogP contribution in [0.2, 0.25) is 0 Å². The van der Waals surface area contributed by atoms with Crippen molar-refractivity contribution in [3.8, 4) is 0 Å². The number of hydrogen-bond acceptors (Lipinski definition) is 5. The number of benzene rings is 1. The van der Waals surface area contributed by atoms with Crippen LogP contribution in [0, 0.1) is 6.92 Å². The molecule has 0 aliphatic carbocycles. The van der Waals surface area contributed by atoms with E-state index >= 15 is 0 Å². The lowest BCUT2D eigenvalue weighted by Gasteiger charge is -2.07. The van der Waals surface area contributed by atoms with Crippen molar-refractivity contribution in [3.05, 3.63) is 47.8 Å². The van der Waals surface area contributed by atoms with Crippen LogP contribution in [0.5, 0.6) is 0 Å². The minimum atomic E-state index is -3.80. The zero-order valence-corrected chi connectivity index (χ0v) is 11.4. The standard InChI is InChI=1S/C12H12N4O3S/c1-8-6-7-14-12(15-8)16-20(18,19)10-4-2-9(3-5-10)11(13)17/h2-7H,1H3,(H2,13,17)(H,14,15,16). The molecule has 7 nitrogen and oxygen atoms in total. The van der Waals surface area contributed by atoms with Gasteiger partial charge in [-0.3, -0.25) is 4.79 Å². The molecule has 0 saturated heterocycles. The van der Waals surface area contributed by atoms with Crippen molar-refractivity contribution in [2.75, 3.05) is 4.72 Å². The summed E-state index contributed by atoms with van der Waals surface area (Å²) in [6.45, 7) is 1.72. The van der Waals surface area contributed by atoms with E-state index in [-0.39, 0.29) is 16.4 Å². The average molecular weight is 292 g/mol. The molecule has 1 aromatic heterocycles. The van der Waals surface area contributed by atoms with Crippen molar-refractivity contribution in [1.82, 2.24) is 9.97 Å².